The fourth-order valence-corrected chi connectivity index (χ4v) is 6.46. The first-order valence-electron chi connectivity index (χ1n) is 13.5. The molecule has 0 amide bonds. The van der Waals surface area contributed by atoms with Crippen molar-refractivity contribution in [2.75, 3.05) is 49.6 Å². The van der Waals surface area contributed by atoms with Gasteiger partial charge < -0.3 is 24.0 Å². The SMILES string of the molecule is CN1CC[C@@H](COc2nc3c(c(N4CCn5cncc5C4)n2)CCN(c2cccc4cccc(Cl)c24)C3)C1. The number of anilines is 2. The van der Waals surface area contributed by atoms with Gasteiger partial charge >= 0.3 is 6.01 Å². The summed E-state index contributed by atoms with van der Waals surface area (Å²) in [5, 5.41) is 3.03. The monoisotopic (exact) mass is 529 g/mol. The molecule has 0 spiro atoms. The summed E-state index contributed by atoms with van der Waals surface area (Å²) >= 11 is 6.69. The Morgan fingerprint density at radius 3 is 2.76 bits per heavy atom. The lowest BCUT2D eigenvalue weighted by atomic mass is 10.0. The first kappa shape index (κ1) is 23.7. The quantitative estimate of drug-likeness (QED) is 0.380. The van der Waals surface area contributed by atoms with Gasteiger partial charge in [-0.15, -0.1) is 0 Å². The van der Waals surface area contributed by atoms with E-state index in [2.05, 4.69) is 55.6 Å². The third kappa shape index (κ3) is 4.35. The van der Waals surface area contributed by atoms with Gasteiger partial charge in [0.1, 0.15) is 5.82 Å². The Morgan fingerprint density at radius 2 is 1.89 bits per heavy atom. The maximum Gasteiger partial charge on any atom is 0.318 e. The summed E-state index contributed by atoms with van der Waals surface area (Å²) in [5.74, 6) is 1.53. The number of imidazole rings is 1. The van der Waals surface area contributed by atoms with E-state index in [1.807, 2.05) is 24.7 Å². The summed E-state index contributed by atoms with van der Waals surface area (Å²) < 4.78 is 8.51. The van der Waals surface area contributed by atoms with Crippen LogP contribution in [-0.4, -0.2) is 64.3 Å². The van der Waals surface area contributed by atoms with E-state index in [9.17, 15) is 0 Å². The molecule has 1 saturated heterocycles. The van der Waals surface area contributed by atoms with Gasteiger partial charge in [-0.2, -0.15) is 9.97 Å². The number of hydrogen-bond acceptors (Lipinski definition) is 7. The first-order valence-corrected chi connectivity index (χ1v) is 13.9. The Balaban J connectivity index is 1.23. The molecule has 196 valence electrons. The zero-order valence-electron chi connectivity index (χ0n) is 21.7. The topological polar surface area (TPSA) is 62.6 Å². The molecule has 7 rings (SSSR count). The molecule has 0 aliphatic carbocycles. The normalized spacial score (nSPS) is 19.6. The van der Waals surface area contributed by atoms with Crippen LogP contribution in [0, 0.1) is 5.92 Å². The molecule has 0 radical (unpaired) electrons. The average Bonchev–Trinajstić information content (AvgIpc) is 3.59. The summed E-state index contributed by atoms with van der Waals surface area (Å²) in [4.78, 5) is 21.5. The fourth-order valence-electron chi connectivity index (χ4n) is 6.18. The molecule has 38 heavy (non-hydrogen) atoms. The van der Waals surface area contributed by atoms with Crippen LogP contribution in [0.15, 0.2) is 48.9 Å². The second-order valence-corrected chi connectivity index (χ2v) is 11.2. The van der Waals surface area contributed by atoms with Crippen LogP contribution in [0.25, 0.3) is 10.8 Å². The van der Waals surface area contributed by atoms with E-state index < -0.39 is 0 Å². The predicted octanol–water partition coefficient (Wildman–Crippen LogP) is 4.39. The smallest absolute Gasteiger partial charge is 0.318 e. The van der Waals surface area contributed by atoms with Gasteiger partial charge in [0, 0.05) is 54.9 Å². The highest BCUT2D eigenvalue weighted by Crippen LogP contribution is 2.37. The fraction of sp³-hybridized carbons (Fsp3) is 0.414. The van der Waals surface area contributed by atoms with E-state index in [1.54, 1.807) is 0 Å². The van der Waals surface area contributed by atoms with Gasteiger partial charge in [-0.25, -0.2) is 4.98 Å². The molecule has 0 bridgehead atoms. The van der Waals surface area contributed by atoms with Crippen molar-refractivity contribution in [3.05, 3.63) is 70.9 Å². The zero-order chi connectivity index (χ0) is 25.6. The summed E-state index contributed by atoms with van der Waals surface area (Å²) in [6, 6.07) is 13.0. The number of rotatable bonds is 5. The number of fused-ring (bicyclic) bond motifs is 3. The van der Waals surface area contributed by atoms with Crippen LogP contribution in [0.5, 0.6) is 6.01 Å². The number of benzene rings is 2. The largest absolute Gasteiger partial charge is 0.463 e. The van der Waals surface area contributed by atoms with Gasteiger partial charge in [0.25, 0.3) is 0 Å². The average molecular weight is 530 g/mol. The van der Waals surface area contributed by atoms with Crippen molar-refractivity contribution in [2.24, 2.45) is 5.92 Å². The van der Waals surface area contributed by atoms with E-state index in [0.29, 0.717) is 25.1 Å². The number of halogens is 1. The Kier molecular flexibility index (Phi) is 6.09. The van der Waals surface area contributed by atoms with Crippen LogP contribution in [0.2, 0.25) is 5.02 Å². The van der Waals surface area contributed by atoms with Crippen molar-refractivity contribution in [3.63, 3.8) is 0 Å². The highest BCUT2D eigenvalue weighted by Gasteiger charge is 2.29. The van der Waals surface area contributed by atoms with Gasteiger partial charge in [0.15, 0.2) is 0 Å². The Bertz CT molecular complexity index is 1480. The molecule has 5 heterocycles. The van der Waals surface area contributed by atoms with Crippen LogP contribution >= 0.6 is 11.6 Å². The standard InChI is InChI=1S/C29H32ClN7O/c1-34-10-8-20(15-34)18-38-29-32-25-17-35(26-7-3-5-21-4-2-6-24(30)27(21)26)11-9-23(25)28(33-29)36-12-13-37-19-31-14-22(37)16-36/h2-7,14,19-20H,8-13,15-18H2,1H3/t20-/m1/s1. The lowest BCUT2D eigenvalue weighted by Crippen LogP contribution is -2.37. The Labute approximate surface area is 227 Å². The molecule has 1 fully saturated rings. The molecule has 0 saturated carbocycles. The van der Waals surface area contributed by atoms with Crippen LogP contribution in [0.3, 0.4) is 0 Å². The number of likely N-dealkylation sites (tertiary alicyclic amines) is 1. The molecular weight excluding hydrogens is 498 g/mol. The molecule has 3 aliphatic rings. The van der Waals surface area contributed by atoms with E-state index in [-0.39, 0.29) is 0 Å². The predicted molar refractivity (Wildman–Crippen MR) is 150 cm³/mol. The Morgan fingerprint density at radius 1 is 1.00 bits per heavy atom. The van der Waals surface area contributed by atoms with Crippen molar-refractivity contribution in [1.82, 2.24) is 24.4 Å². The maximum absolute atomic E-state index is 6.69. The molecule has 8 nitrogen and oxygen atoms in total. The van der Waals surface area contributed by atoms with Crippen LogP contribution in [0.1, 0.15) is 23.4 Å². The van der Waals surface area contributed by atoms with E-state index in [4.69, 9.17) is 26.3 Å². The van der Waals surface area contributed by atoms with Crippen LogP contribution in [-0.2, 0) is 26.1 Å². The second-order valence-electron chi connectivity index (χ2n) is 10.8. The minimum absolute atomic E-state index is 0.491. The molecule has 0 unspecified atom stereocenters. The second kappa shape index (κ2) is 9.75. The minimum Gasteiger partial charge on any atom is -0.463 e. The van der Waals surface area contributed by atoms with Crippen molar-refractivity contribution < 1.29 is 4.74 Å². The van der Waals surface area contributed by atoms with Crippen molar-refractivity contribution >= 4 is 33.9 Å². The van der Waals surface area contributed by atoms with E-state index in [0.717, 1.165) is 85.1 Å². The van der Waals surface area contributed by atoms with Gasteiger partial charge in [0.2, 0.25) is 0 Å². The van der Waals surface area contributed by atoms with Crippen molar-refractivity contribution in [1.29, 1.82) is 0 Å². The molecule has 2 aromatic carbocycles. The molecular formula is C29H32ClN7O. The molecule has 0 N–H and O–H groups in total. The lowest BCUT2D eigenvalue weighted by Gasteiger charge is -2.35. The summed E-state index contributed by atoms with van der Waals surface area (Å²) in [6.07, 6.45) is 5.90. The summed E-state index contributed by atoms with van der Waals surface area (Å²) in [6.45, 7) is 6.99. The van der Waals surface area contributed by atoms with Gasteiger partial charge in [-0.05, 0) is 44.0 Å². The molecule has 3 aliphatic heterocycles. The number of nitrogens with zero attached hydrogens (tertiary/aromatic N) is 7. The number of aromatic nitrogens is 4. The maximum atomic E-state index is 6.69. The highest BCUT2D eigenvalue weighted by atomic mass is 35.5. The third-order valence-corrected chi connectivity index (χ3v) is 8.51. The number of hydrogen-bond donors (Lipinski definition) is 0. The van der Waals surface area contributed by atoms with Crippen LogP contribution < -0.4 is 14.5 Å². The molecule has 2 aromatic heterocycles. The Hall–Kier alpha value is -3.36. The van der Waals surface area contributed by atoms with Crippen LogP contribution in [0.4, 0.5) is 11.5 Å². The lowest BCUT2D eigenvalue weighted by molar-refractivity contribution is 0.231. The summed E-state index contributed by atoms with van der Waals surface area (Å²) in [7, 11) is 2.17. The van der Waals surface area contributed by atoms with E-state index in [1.165, 1.54) is 11.3 Å². The van der Waals surface area contributed by atoms with Crippen molar-refractivity contribution in [3.8, 4) is 6.01 Å². The van der Waals surface area contributed by atoms with Crippen molar-refractivity contribution in [2.45, 2.75) is 32.5 Å². The van der Waals surface area contributed by atoms with Gasteiger partial charge in [-0.1, -0.05) is 35.9 Å². The minimum atomic E-state index is 0.491. The highest BCUT2D eigenvalue weighted by molar-refractivity contribution is 6.36. The third-order valence-electron chi connectivity index (χ3n) is 8.19. The van der Waals surface area contributed by atoms with Gasteiger partial charge in [-0.3, -0.25) is 0 Å². The number of ether oxygens (including phenoxy) is 1. The zero-order valence-corrected chi connectivity index (χ0v) is 22.4. The summed E-state index contributed by atoms with van der Waals surface area (Å²) in [5.41, 5.74) is 4.64. The first-order chi connectivity index (χ1) is 18.6. The molecule has 9 heteroatoms. The van der Waals surface area contributed by atoms with Gasteiger partial charge in [0.05, 0.1) is 42.4 Å². The van der Waals surface area contributed by atoms with E-state index >= 15 is 0 Å². The molecule has 1 atom stereocenters. The molecule has 4 aromatic rings.